The third kappa shape index (κ3) is 3.78. The summed E-state index contributed by atoms with van der Waals surface area (Å²) in [6.45, 7) is 8.36. The SMILES string of the molecule is CC(=O)c1ccc(OC2CC(C)CCC2C(C)C)cc1N. The van der Waals surface area contributed by atoms with Crippen LogP contribution in [0.4, 0.5) is 5.69 Å². The predicted octanol–water partition coefficient (Wildman–Crippen LogP) is 4.31. The highest BCUT2D eigenvalue weighted by molar-refractivity contribution is 5.99. The minimum atomic E-state index is -0.00889. The van der Waals surface area contributed by atoms with Gasteiger partial charge in [-0.2, -0.15) is 0 Å². The number of anilines is 1. The van der Waals surface area contributed by atoms with Crippen molar-refractivity contribution in [3.05, 3.63) is 23.8 Å². The van der Waals surface area contributed by atoms with Gasteiger partial charge in [0.25, 0.3) is 0 Å². The zero-order valence-corrected chi connectivity index (χ0v) is 13.6. The number of nitrogen functional groups attached to an aromatic ring is 1. The summed E-state index contributed by atoms with van der Waals surface area (Å²) in [4.78, 5) is 11.4. The molecule has 1 aliphatic carbocycles. The van der Waals surface area contributed by atoms with E-state index in [9.17, 15) is 4.79 Å². The van der Waals surface area contributed by atoms with Crippen molar-refractivity contribution in [2.75, 3.05) is 5.73 Å². The summed E-state index contributed by atoms with van der Waals surface area (Å²) in [7, 11) is 0. The van der Waals surface area contributed by atoms with Crippen LogP contribution in [0.1, 0.15) is 57.3 Å². The summed E-state index contributed by atoms with van der Waals surface area (Å²) in [6, 6.07) is 5.42. The summed E-state index contributed by atoms with van der Waals surface area (Å²) in [5.74, 6) is 2.69. The highest BCUT2D eigenvalue weighted by Gasteiger charge is 2.32. The minimum Gasteiger partial charge on any atom is -0.490 e. The van der Waals surface area contributed by atoms with Crippen LogP contribution in [-0.2, 0) is 0 Å². The van der Waals surface area contributed by atoms with E-state index < -0.39 is 0 Å². The lowest BCUT2D eigenvalue weighted by molar-refractivity contribution is 0.0461. The van der Waals surface area contributed by atoms with Crippen molar-refractivity contribution in [1.29, 1.82) is 0 Å². The Labute approximate surface area is 127 Å². The molecule has 21 heavy (non-hydrogen) atoms. The van der Waals surface area contributed by atoms with Crippen LogP contribution in [0.5, 0.6) is 5.75 Å². The van der Waals surface area contributed by atoms with E-state index in [1.807, 2.05) is 6.07 Å². The van der Waals surface area contributed by atoms with Gasteiger partial charge in [0.1, 0.15) is 11.9 Å². The molecular weight excluding hydrogens is 262 g/mol. The van der Waals surface area contributed by atoms with E-state index in [4.69, 9.17) is 10.5 Å². The van der Waals surface area contributed by atoms with Crippen molar-refractivity contribution in [2.45, 2.75) is 53.1 Å². The number of carbonyl (C=O) groups excluding carboxylic acids is 1. The van der Waals surface area contributed by atoms with Gasteiger partial charge in [-0.15, -0.1) is 0 Å². The van der Waals surface area contributed by atoms with Gasteiger partial charge in [0, 0.05) is 17.3 Å². The summed E-state index contributed by atoms with van der Waals surface area (Å²) >= 11 is 0. The van der Waals surface area contributed by atoms with Gasteiger partial charge >= 0.3 is 0 Å². The van der Waals surface area contributed by atoms with Gasteiger partial charge in [-0.1, -0.05) is 27.2 Å². The molecule has 1 fully saturated rings. The van der Waals surface area contributed by atoms with Crippen LogP contribution in [0, 0.1) is 17.8 Å². The lowest BCUT2D eigenvalue weighted by Gasteiger charge is -2.37. The highest BCUT2D eigenvalue weighted by Crippen LogP contribution is 2.36. The van der Waals surface area contributed by atoms with E-state index in [0.29, 0.717) is 29.0 Å². The molecule has 1 aliphatic rings. The molecule has 2 N–H and O–H groups in total. The third-order valence-electron chi connectivity index (χ3n) is 4.65. The number of hydrogen-bond donors (Lipinski definition) is 1. The number of Topliss-reactive ketones (excluding diaryl/α,β-unsaturated/α-hetero) is 1. The molecule has 0 radical (unpaired) electrons. The van der Waals surface area contributed by atoms with Gasteiger partial charge in [0.05, 0.1) is 0 Å². The summed E-state index contributed by atoms with van der Waals surface area (Å²) in [5, 5.41) is 0. The van der Waals surface area contributed by atoms with Gasteiger partial charge in [-0.05, 0) is 49.7 Å². The second-order valence-electron chi connectivity index (χ2n) is 6.79. The fourth-order valence-electron chi connectivity index (χ4n) is 3.36. The molecule has 0 bridgehead atoms. The molecule has 1 aromatic rings. The van der Waals surface area contributed by atoms with Crippen LogP contribution >= 0.6 is 0 Å². The topological polar surface area (TPSA) is 52.3 Å². The molecule has 116 valence electrons. The monoisotopic (exact) mass is 289 g/mol. The van der Waals surface area contributed by atoms with Crippen molar-refractivity contribution in [3.63, 3.8) is 0 Å². The first-order valence-corrected chi connectivity index (χ1v) is 7.95. The lowest BCUT2D eigenvalue weighted by atomic mass is 9.75. The standard InChI is InChI=1S/C18H27NO2/c1-11(2)15-7-5-12(3)9-18(15)21-14-6-8-16(13(4)20)17(19)10-14/h6,8,10-12,15,18H,5,7,9,19H2,1-4H3. The van der Waals surface area contributed by atoms with Crippen LogP contribution in [0.25, 0.3) is 0 Å². The Morgan fingerprint density at radius 1 is 1.33 bits per heavy atom. The number of hydrogen-bond acceptors (Lipinski definition) is 3. The molecule has 0 heterocycles. The maximum Gasteiger partial charge on any atom is 0.161 e. The second-order valence-corrected chi connectivity index (χ2v) is 6.79. The first kappa shape index (κ1) is 15.9. The zero-order chi connectivity index (χ0) is 15.6. The molecule has 3 unspecified atom stereocenters. The Morgan fingerprint density at radius 3 is 2.62 bits per heavy atom. The van der Waals surface area contributed by atoms with E-state index in [2.05, 4.69) is 20.8 Å². The van der Waals surface area contributed by atoms with Crippen LogP contribution in [0.15, 0.2) is 18.2 Å². The van der Waals surface area contributed by atoms with Crippen molar-refractivity contribution in [2.24, 2.45) is 17.8 Å². The van der Waals surface area contributed by atoms with E-state index in [1.165, 1.54) is 19.8 Å². The number of ether oxygens (including phenoxy) is 1. The fourth-order valence-corrected chi connectivity index (χ4v) is 3.36. The zero-order valence-electron chi connectivity index (χ0n) is 13.6. The van der Waals surface area contributed by atoms with Crippen molar-refractivity contribution in [3.8, 4) is 5.75 Å². The molecule has 3 heteroatoms. The molecule has 1 aromatic carbocycles. The highest BCUT2D eigenvalue weighted by atomic mass is 16.5. The van der Waals surface area contributed by atoms with Gasteiger partial charge in [0.2, 0.25) is 0 Å². The molecular formula is C18H27NO2. The Bertz CT molecular complexity index is 510. The number of ketones is 1. The maximum absolute atomic E-state index is 11.4. The van der Waals surface area contributed by atoms with Crippen LogP contribution < -0.4 is 10.5 Å². The number of rotatable bonds is 4. The van der Waals surface area contributed by atoms with Crippen LogP contribution in [0.2, 0.25) is 0 Å². The predicted molar refractivity (Wildman–Crippen MR) is 86.6 cm³/mol. The van der Waals surface area contributed by atoms with Crippen LogP contribution in [0.3, 0.4) is 0 Å². The molecule has 3 nitrogen and oxygen atoms in total. The Kier molecular flexibility index (Phi) is 4.92. The van der Waals surface area contributed by atoms with Gasteiger partial charge in [-0.25, -0.2) is 0 Å². The molecule has 2 rings (SSSR count). The summed E-state index contributed by atoms with van der Waals surface area (Å²) < 4.78 is 6.22. The van der Waals surface area contributed by atoms with E-state index in [1.54, 1.807) is 12.1 Å². The lowest BCUT2D eigenvalue weighted by Crippen LogP contribution is -2.36. The van der Waals surface area contributed by atoms with Crippen molar-refractivity contribution in [1.82, 2.24) is 0 Å². The van der Waals surface area contributed by atoms with Gasteiger partial charge in [0.15, 0.2) is 5.78 Å². The average Bonchev–Trinajstić information content (AvgIpc) is 2.37. The smallest absolute Gasteiger partial charge is 0.161 e. The fraction of sp³-hybridized carbons (Fsp3) is 0.611. The minimum absolute atomic E-state index is 0.00889. The maximum atomic E-state index is 11.4. The molecule has 0 spiro atoms. The molecule has 0 saturated heterocycles. The average molecular weight is 289 g/mol. The molecule has 1 saturated carbocycles. The molecule has 0 aliphatic heterocycles. The number of nitrogens with two attached hydrogens (primary N) is 1. The van der Waals surface area contributed by atoms with Gasteiger partial charge < -0.3 is 10.5 Å². The van der Waals surface area contributed by atoms with Gasteiger partial charge in [-0.3, -0.25) is 4.79 Å². The third-order valence-corrected chi connectivity index (χ3v) is 4.65. The largest absolute Gasteiger partial charge is 0.490 e. The first-order valence-electron chi connectivity index (χ1n) is 7.95. The Balaban J connectivity index is 2.15. The van der Waals surface area contributed by atoms with E-state index in [-0.39, 0.29) is 11.9 Å². The Hall–Kier alpha value is -1.51. The quantitative estimate of drug-likeness (QED) is 0.663. The first-order chi connectivity index (χ1) is 9.88. The molecule has 0 amide bonds. The molecule has 0 aromatic heterocycles. The second kappa shape index (κ2) is 6.50. The van der Waals surface area contributed by atoms with E-state index in [0.717, 1.165) is 12.2 Å². The Morgan fingerprint density at radius 2 is 2.05 bits per heavy atom. The van der Waals surface area contributed by atoms with Crippen molar-refractivity contribution < 1.29 is 9.53 Å². The van der Waals surface area contributed by atoms with Crippen LogP contribution in [-0.4, -0.2) is 11.9 Å². The summed E-state index contributed by atoms with van der Waals surface area (Å²) in [5.41, 5.74) is 7.02. The van der Waals surface area contributed by atoms with Crippen molar-refractivity contribution >= 4 is 11.5 Å². The molecule has 3 atom stereocenters. The number of benzene rings is 1. The summed E-state index contributed by atoms with van der Waals surface area (Å²) in [6.07, 6.45) is 3.85. The normalized spacial score (nSPS) is 25.9. The van der Waals surface area contributed by atoms with E-state index >= 15 is 0 Å². The number of carbonyl (C=O) groups is 1.